The summed E-state index contributed by atoms with van der Waals surface area (Å²) in [5, 5.41) is 7.61. The molecule has 24 heavy (non-hydrogen) atoms. The van der Waals surface area contributed by atoms with Gasteiger partial charge in [0, 0.05) is 5.69 Å². The number of anilines is 1. The zero-order valence-electron chi connectivity index (χ0n) is 13.6. The van der Waals surface area contributed by atoms with Crippen molar-refractivity contribution in [1.82, 2.24) is 9.78 Å². The molecule has 0 bridgehead atoms. The summed E-state index contributed by atoms with van der Waals surface area (Å²) in [6.45, 7) is 4.36. The normalized spacial score (nSPS) is 10.6. The van der Waals surface area contributed by atoms with Crippen LogP contribution in [-0.2, 0) is 6.54 Å². The van der Waals surface area contributed by atoms with Gasteiger partial charge in [-0.2, -0.15) is 5.10 Å². The van der Waals surface area contributed by atoms with Crippen molar-refractivity contribution in [3.05, 3.63) is 82.1 Å². The molecule has 3 aromatic rings. The molecule has 0 aliphatic rings. The summed E-state index contributed by atoms with van der Waals surface area (Å²) in [4.78, 5) is 12.5. The highest BCUT2D eigenvalue weighted by atomic mass is 35.5. The second-order valence-electron chi connectivity index (χ2n) is 5.71. The number of carbonyl (C=O) groups excluding carboxylic acids is 1. The standard InChI is InChI=1S/C19H18ClN3O/c1-13-8-10-15(11-9-13)12-23-18(20)17(14(2)22-23)19(24)21-16-6-4-3-5-7-16/h3-11H,12H2,1-2H3,(H,21,24). The van der Waals surface area contributed by atoms with E-state index in [-0.39, 0.29) is 5.91 Å². The van der Waals surface area contributed by atoms with Gasteiger partial charge in [0.05, 0.1) is 17.8 Å². The summed E-state index contributed by atoms with van der Waals surface area (Å²) in [6, 6.07) is 17.4. The van der Waals surface area contributed by atoms with Crippen LogP contribution in [0.25, 0.3) is 0 Å². The monoisotopic (exact) mass is 339 g/mol. The molecule has 0 fully saturated rings. The minimum atomic E-state index is -0.251. The van der Waals surface area contributed by atoms with Gasteiger partial charge in [0.25, 0.3) is 5.91 Å². The number of para-hydroxylation sites is 1. The number of nitrogens with zero attached hydrogens (tertiary/aromatic N) is 2. The van der Waals surface area contributed by atoms with Crippen LogP contribution in [0.2, 0.25) is 5.15 Å². The minimum absolute atomic E-state index is 0.251. The van der Waals surface area contributed by atoms with E-state index in [1.54, 1.807) is 11.6 Å². The molecule has 3 rings (SSSR count). The number of halogens is 1. The van der Waals surface area contributed by atoms with Crippen molar-refractivity contribution in [3.8, 4) is 0 Å². The van der Waals surface area contributed by atoms with Crippen molar-refractivity contribution in [1.29, 1.82) is 0 Å². The first-order valence-electron chi connectivity index (χ1n) is 7.69. The molecule has 1 aromatic heterocycles. The Bertz CT molecular complexity index is 854. The smallest absolute Gasteiger partial charge is 0.260 e. The maximum Gasteiger partial charge on any atom is 0.260 e. The molecule has 0 saturated carbocycles. The van der Waals surface area contributed by atoms with Crippen LogP contribution in [0.15, 0.2) is 54.6 Å². The van der Waals surface area contributed by atoms with Crippen molar-refractivity contribution in [2.45, 2.75) is 20.4 Å². The third kappa shape index (κ3) is 3.49. The quantitative estimate of drug-likeness (QED) is 0.763. The fourth-order valence-electron chi connectivity index (χ4n) is 2.50. The number of nitrogens with one attached hydrogen (secondary N) is 1. The van der Waals surface area contributed by atoms with E-state index < -0.39 is 0 Å². The fourth-order valence-corrected chi connectivity index (χ4v) is 2.82. The predicted octanol–water partition coefficient (Wildman–Crippen LogP) is 4.45. The van der Waals surface area contributed by atoms with Gasteiger partial charge in [0.15, 0.2) is 0 Å². The van der Waals surface area contributed by atoms with Crippen molar-refractivity contribution in [3.63, 3.8) is 0 Å². The van der Waals surface area contributed by atoms with Crippen LogP contribution in [0, 0.1) is 13.8 Å². The topological polar surface area (TPSA) is 46.9 Å². The molecule has 122 valence electrons. The number of rotatable bonds is 4. The molecule has 4 nitrogen and oxygen atoms in total. The summed E-state index contributed by atoms with van der Waals surface area (Å²) in [6.07, 6.45) is 0. The molecule has 5 heteroatoms. The molecule has 0 saturated heterocycles. The van der Waals surface area contributed by atoms with Crippen LogP contribution in [0.4, 0.5) is 5.69 Å². The number of hydrogen-bond donors (Lipinski definition) is 1. The molecule has 2 aromatic carbocycles. The van der Waals surface area contributed by atoms with Crippen LogP contribution >= 0.6 is 11.6 Å². The average molecular weight is 340 g/mol. The molecule has 0 radical (unpaired) electrons. The number of hydrogen-bond acceptors (Lipinski definition) is 2. The van der Waals surface area contributed by atoms with Gasteiger partial charge in [0.1, 0.15) is 5.15 Å². The predicted molar refractivity (Wildman–Crippen MR) is 96.7 cm³/mol. The van der Waals surface area contributed by atoms with Crippen molar-refractivity contribution >= 4 is 23.2 Å². The zero-order valence-corrected chi connectivity index (χ0v) is 14.3. The van der Waals surface area contributed by atoms with Gasteiger partial charge in [-0.15, -0.1) is 0 Å². The summed E-state index contributed by atoms with van der Waals surface area (Å²) < 4.78 is 1.65. The Morgan fingerprint density at radius 3 is 2.42 bits per heavy atom. The Morgan fingerprint density at radius 2 is 1.75 bits per heavy atom. The lowest BCUT2D eigenvalue weighted by Gasteiger charge is -2.06. The van der Waals surface area contributed by atoms with Gasteiger partial charge in [-0.3, -0.25) is 4.79 Å². The molecule has 0 unspecified atom stereocenters. The van der Waals surface area contributed by atoms with Crippen LogP contribution < -0.4 is 5.32 Å². The zero-order chi connectivity index (χ0) is 17.1. The van der Waals surface area contributed by atoms with Gasteiger partial charge in [-0.25, -0.2) is 4.68 Å². The van der Waals surface area contributed by atoms with Crippen molar-refractivity contribution < 1.29 is 4.79 Å². The molecule has 1 heterocycles. The number of aryl methyl sites for hydroxylation is 2. The van der Waals surface area contributed by atoms with Crippen LogP contribution in [0.3, 0.4) is 0 Å². The lowest BCUT2D eigenvalue weighted by atomic mass is 10.1. The Balaban J connectivity index is 1.83. The van der Waals surface area contributed by atoms with E-state index in [0.717, 1.165) is 11.3 Å². The highest BCUT2D eigenvalue weighted by Crippen LogP contribution is 2.22. The second-order valence-corrected chi connectivity index (χ2v) is 6.07. The molecule has 0 spiro atoms. The summed E-state index contributed by atoms with van der Waals surface area (Å²) in [5.74, 6) is -0.251. The first-order chi connectivity index (χ1) is 11.5. The van der Waals surface area contributed by atoms with Gasteiger partial charge < -0.3 is 5.32 Å². The van der Waals surface area contributed by atoms with Crippen molar-refractivity contribution in [2.24, 2.45) is 0 Å². The van der Waals surface area contributed by atoms with E-state index in [1.165, 1.54) is 5.56 Å². The summed E-state index contributed by atoms with van der Waals surface area (Å²) >= 11 is 6.41. The van der Waals surface area contributed by atoms with E-state index >= 15 is 0 Å². The Morgan fingerprint density at radius 1 is 1.08 bits per heavy atom. The van der Waals surface area contributed by atoms with E-state index in [9.17, 15) is 4.79 Å². The molecule has 1 N–H and O–H groups in total. The Labute approximate surface area is 146 Å². The van der Waals surface area contributed by atoms with Crippen LogP contribution in [-0.4, -0.2) is 15.7 Å². The Kier molecular flexibility index (Phi) is 4.67. The number of carbonyl (C=O) groups is 1. The largest absolute Gasteiger partial charge is 0.322 e. The van der Waals surface area contributed by atoms with E-state index in [1.807, 2.05) is 61.5 Å². The fraction of sp³-hybridized carbons (Fsp3) is 0.158. The SMILES string of the molecule is Cc1ccc(Cn2nc(C)c(C(=O)Nc3ccccc3)c2Cl)cc1. The molecular weight excluding hydrogens is 322 g/mol. The molecule has 0 aliphatic heterocycles. The second kappa shape index (κ2) is 6.89. The number of aromatic nitrogens is 2. The lowest BCUT2D eigenvalue weighted by molar-refractivity contribution is 0.102. The summed E-state index contributed by atoms with van der Waals surface area (Å²) in [7, 11) is 0. The highest BCUT2D eigenvalue weighted by molar-refractivity contribution is 6.33. The average Bonchev–Trinajstić information content (AvgIpc) is 2.84. The van der Waals surface area contributed by atoms with Crippen molar-refractivity contribution in [2.75, 3.05) is 5.32 Å². The Hall–Kier alpha value is -2.59. The van der Waals surface area contributed by atoms with Gasteiger partial charge >= 0.3 is 0 Å². The molecule has 1 amide bonds. The third-order valence-corrected chi connectivity index (χ3v) is 4.16. The van der Waals surface area contributed by atoms with Gasteiger partial charge in [-0.05, 0) is 31.5 Å². The molecular formula is C19H18ClN3O. The molecule has 0 atom stereocenters. The van der Waals surface area contributed by atoms with E-state index in [4.69, 9.17) is 11.6 Å². The summed E-state index contributed by atoms with van der Waals surface area (Å²) in [5.41, 5.74) is 4.03. The van der Waals surface area contributed by atoms with Gasteiger partial charge in [0.2, 0.25) is 0 Å². The first-order valence-corrected chi connectivity index (χ1v) is 8.07. The molecule has 0 aliphatic carbocycles. The number of amides is 1. The number of benzene rings is 2. The lowest BCUT2D eigenvalue weighted by Crippen LogP contribution is -2.13. The van der Waals surface area contributed by atoms with Crippen LogP contribution in [0.1, 0.15) is 27.2 Å². The maximum absolute atomic E-state index is 12.5. The van der Waals surface area contributed by atoms with E-state index in [0.29, 0.717) is 23.0 Å². The van der Waals surface area contributed by atoms with E-state index in [2.05, 4.69) is 10.4 Å². The third-order valence-electron chi connectivity index (χ3n) is 3.78. The minimum Gasteiger partial charge on any atom is -0.322 e. The maximum atomic E-state index is 12.5. The van der Waals surface area contributed by atoms with Gasteiger partial charge in [-0.1, -0.05) is 59.6 Å². The van der Waals surface area contributed by atoms with Crippen LogP contribution in [0.5, 0.6) is 0 Å². The highest BCUT2D eigenvalue weighted by Gasteiger charge is 2.20. The first kappa shape index (κ1) is 16.3.